The third-order valence-electron chi connectivity index (χ3n) is 5.43. The molecular weight excluding hydrogens is 326 g/mol. The highest BCUT2D eigenvalue weighted by molar-refractivity contribution is 5.91. The molecule has 1 aromatic carbocycles. The first-order chi connectivity index (χ1) is 12.8. The van der Waals surface area contributed by atoms with Crippen LogP contribution in [0.4, 0.5) is 5.82 Å². The number of hydrogen-bond donors (Lipinski definition) is 1. The zero-order chi connectivity index (χ0) is 17.8. The maximum Gasteiger partial charge on any atom is 0.239 e. The van der Waals surface area contributed by atoms with Crippen molar-refractivity contribution in [2.75, 3.05) is 31.5 Å². The molecular formula is C20H25N5O. The minimum absolute atomic E-state index is 0.0177. The summed E-state index contributed by atoms with van der Waals surface area (Å²) in [5.41, 5.74) is 2.98. The number of fused-ring (bicyclic) bond motifs is 1. The number of nitrogens with zero attached hydrogens (tertiary/aromatic N) is 4. The van der Waals surface area contributed by atoms with Crippen LogP contribution >= 0.6 is 0 Å². The molecule has 2 aliphatic heterocycles. The molecule has 1 N–H and O–H groups in total. The summed E-state index contributed by atoms with van der Waals surface area (Å²) < 4.78 is 0. The van der Waals surface area contributed by atoms with Gasteiger partial charge in [-0.1, -0.05) is 24.3 Å². The summed E-state index contributed by atoms with van der Waals surface area (Å²) in [6.45, 7) is 4.57. The molecule has 0 unspecified atom stereocenters. The Labute approximate surface area is 154 Å². The van der Waals surface area contributed by atoms with E-state index < -0.39 is 0 Å². The van der Waals surface area contributed by atoms with Crippen LogP contribution in [0.5, 0.6) is 0 Å². The van der Waals surface area contributed by atoms with Crippen molar-refractivity contribution in [1.29, 1.82) is 0 Å². The quantitative estimate of drug-likeness (QED) is 0.912. The van der Waals surface area contributed by atoms with E-state index in [1.54, 1.807) is 18.6 Å². The number of carbonyl (C=O) groups is 1. The van der Waals surface area contributed by atoms with Gasteiger partial charge in [-0.25, -0.2) is 4.98 Å². The molecule has 6 heteroatoms. The molecule has 1 fully saturated rings. The maximum atomic E-state index is 12.2. The van der Waals surface area contributed by atoms with Gasteiger partial charge in [-0.15, -0.1) is 0 Å². The van der Waals surface area contributed by atoms with Crippen molar-refractivity contribution in [1.82, 2.24) is 19.8 Å². The van der Waals surface area contributed by atoms with Gasteiger partial charge < -0.3 is 5.32 Å². The van der Waals surface area contributed by atoms with Crippen LogP contribution in [0.2, 0.25) is 0 Å². The van der Waals surface area contributed by atoms with Crippen molar-refractivity contribution >= 4 is 11.7 Å². The number of nitrogens with one attached hydrogen (secondary N) is 1. The molecule has 136 valence electrons. The first-order valence-electron chi connectivity index (χ1n) is 9.37. The fraction of sp³-hybridized carbons (Fsp3) is 0.450. The molecule has 6 nitrogen and oxygen atoms in total. The predicted octanol–water partition coefficient (Wildman–Crippen LogP) is 1.94. The highest BCUT2D eigenvalue weighted by Crippen LogP contribution is 2.24. The van der Waals surface area contributed by atoms with Crippen molar-refractivity contribution in [3.05, 3.63) is 54.0 Å². The minimum atomic E-state index is -0.0177. The van der Waals surface area contributed by atoms with Crippen LogP contribution in [0.1, 0.15) is 24.0 Å². The Morgan fingerprint density at radius 3 is 2.69 bits per heavy atom. The van der Waals surface area contributed by atoms with Gasteiger partial charge in [-0.05, 0) is 30.4 Å². The van der Waals surface area contributed by atoms with Crippen LogP contribution in [-0.4, -0.2) is 57.9 Å². The number of piperidine rings is 1. The molecule has 2 aliphatic rings. The number of rotatable bonds is 4. The molecule has 4 rings (SSSR count). The van der Waals surface area contributed by atoms with Crippen molar-refractivity contribution in [2.24, 2.45) is 0 Å². The molecule has 3 heterocycles. The molecule has 0 radical (unpaired) electrons. The van der Waals surface area contributed by atoms with Crippen molar-refractivity contribution in [2.45, 2.75) is 31.8 Å². The number of anilines is 1. The van der Waals surface area contributed by atoms with Crippen LogP contribution < -0.4 is 5.32 Å². The van der Waals surface area contributed by atoms with Crippen LogP contribution in [-0.2, 0) is 17.8 Å². The summed E-state index contributed by atoms with van der Waals surface area (Å²) in [4.78, 5) is 25.1. The molecule has 0 bridgehead atoms. The van der Waals surface area contributed by atoms with Gasteiger partial charge in [0.05, 0.1) is 12.7 Å². The molecule has 2 aromatic rings. The van der Waals surface area contributed by atoms with Gasteiger partial charge in [0, 0.05) is 44.6 Å². The Balaban J connectivity index is 1.25. The van der Waals surface area contributed by atoms with Gasteiger partial charge >= 0.3 is 0 Å². The molecule has 26 heavy (non-hydrogen) atoms. The monoisotopic (exact) mass is 351 g/mol. The number of carbonyl (C=O) groups excluding carboxylic acids is 1. The third kappa shape index (κ3) is 4.08. The number of benzene rings is 1. The Morgan fingerprint density at radius 2 is 1.92 bits per heavy atom. The zero-order valence-corrected chi connectivity index (χ0v) is 15.0. The van der Waals surface area contributed by atoms with Crippen molar-refractivity contribution in [3.8, 4) is 0 Å². The van der Waals surface area contributed by atoms with E-state index in [0.29, 0.717) is 18.4 Å². The molecule has 0 atom stereocenters. The van der Waals surface area contributed by atoms with Crippen LogP contribution in [0.15, 0.2) is 42.9 Å². The third-order valence-corrected chi connectivity index (χ3v) is 5.43. The summed E-state index contributed by atoms with van der Waals surface area (Å²) in [6, 6.07) is 9.42. The van der Waals surface area contributed by atoms with Crippen molar-refractivity contribution in [3.63, 3.8) is 0 Å². The lowest BCUT2D eigenvalue weighted by Gasteiger charge is -2.40. The summed E-state index contributed by atoms with van der Waals surface area (Å²) in [6.07, 6.45) is 8.15. The molecule has 1 amide bonds. The lowest BCUT2D eigenvalue weighted by Crippen LogP contribution is -2.48. The predicted molar refractivity (Wildman–Crippen MR) is 101 cm³/mol. The fourth-order valence-corrected chi connectivity index (χ4v) is 4.02. The van der Waals surface area contributed by atoms with Crippen molar-refractivity contribution < 1.29 is 4.79 Å². The van der Waals surface area contributed by atoms with Crippen LogP contribution in [0, 0.1) is 0 Å². The lowest BCUT2D eigenvalue weighted by molar-refractivity contribution is -0.117. The largest absolute Gasteiger partial charge is 0.308 e. The normalized spacial score (nSPS) is 19.1. The van der Waals surface area contributed by atoms with E-state index >= 15 is 0 Å². The van der Waals surface area contributed by atoms with E-state index in [-0.39, 0.29) is 5.91 Å². The van der Waals surface area contributed by atoms with Gasteiger partial charge in [-0.2, -0.15) is 0 Å². The Kier molecular flexibility index (Phi) is 5.22. The van der Waals surface area contributed by atoms with Gasteiger partial charge in [0.25, 0.3) is 0 Å². The second-order valence-corrected chi connectivity index (χ2v) is 7.14. The second kappa shape index (κ2) is 7.93. The Morgan fingerprint density at radius 1 is 1.12 bits per heavy atom. The first kappa shape index (κ1) is 17.1. The van der Waals surface area contributed by atoms with E-state index in [4.69, 9.17) is 0 Å². The van der Waals surface area contributed by atoms with E-state index in [1.807, 2.05) is 0 Å². The summed E-state index contributed by atoms with van der Waals surface area (Å²) in [5.74, 6) is 0.496. The van der Waals surface area contributed by atoms with Gasteiger partial charge in [0.15, 0.2) is 5.82 Å². The van der Waals surface area contributed by atoms with Crippen LogP contribution in [0.3, 0.4) is 0 Å². The number of hydrogen-bond acceptors (Lipinski definition) is 5. The van der Waals surface area contributed by atoms with E-state index in [1.165, 1.54) is 11.1 Å². The summed E-state index contributed by atoms with van der Waals surface area (Å²) >= 11 is 0. The molecule has 0 spiro atoms. The van der Waals surface area contributed by atoms with Crippen LogP contribution in [0.25, 0.3) is 0 Å². The summed E-state index contributed by atoms with van der Waals surface area (Å²) in [5, 5.41) is 2.81. The molecule has 1 aromatic heterocycles. The molecule has 0 saturated carbocycles. The van der Waals surface area contributed by atoms with E-state index in [0.717, 1.165) is 45.4 Å². The van der Waals surface area contributed by atoms with Gasteiger partial charge in [-0.3, -0.25) is 19.6 Å². The van der Waals surface area contributed by atoms with Gasteiger partial charge in [0.2, 0.25) is 5.91 Å². The Hall–Kier alpha value is -2.31. The maximum absolute atomic E-state index is 12.2. The zero-order valence-electron chi connectivity index (χ0n) is 15.0. The lowest BCUT2D eigenvalue weighted by atomic mass is 9.95. The van der Waals surface area contributed by atoms with E-state index in [2.05, 4.69) is 49.4 Å². The topological polar surface area (TPSA) is 61.4 Å². The average Bonchev–Trinajstić information content (AvgIpc) is 2.69. The number of aromatic nitrogens is 2. The first-order valence-corrected chi connectivity index (χ1v) is 9.37. The highest BCUT2D eigenvalue weighted by atomic mass is 16.2. The molecule has 0 aliphatic carbocycles. The number of amides is 1. The summed E-state index contributed by atoms with van der Waals surface area (Å²) in [7, 11) is 0. The fourth-order valence-electron chi connectivity index (χ4n) is 4.02. The molecule has 1 saturated heterocycles. The number of likely N-dealkylation sites (tertiary alicyclic amines) is 1. The smallest absolute Gasteiger partial charge is 0.239 e. The van der Waals surface area contributed by atoms with E-state index in [9.17, 15) is 4.79 Å². The van der Waals surface area contributed by atoms with Gasteiger partial charge in [0.1, 0.15) is 0 Å². The minimum Gasteiger partial charge on any atom is -0.308 e. The average molecular weight is 351 g/mol. The second-order valence-electron chi connectivity index (χ2n) is 7.14. The SMILES string of the molecule is O=C(CN1CCC(N2CCc3ccccc3C2)CC1)Nc1cnccn1. The Bertz CT molecular complexity index is 743. The highest BCUT2D eigenvalue weighted by Gasteiger charge is 2.27. The standard InChI is InChI=1S/C20H25N5O/c26-20(23-19-13-21-8-9-22-19)15-24-10-6-18(7-11-24)25-12-5-16-3-1-2-4-17(16)14-25/h1-4,8-9,13,18H,5-7,10-12,14-15H2,(H,22,23,26).